The lowest BCUT2D eigenvalue weighted by molar-refractivity contribution is 0.293. The molecule has 2 nitrogen and oxygen atoms in total. The first kappa shape index (κ1) is 9.14. The van der Waals surface area contributed by atoms with E-state index in [1.54, 1.807) is 0 Å². The Hall–Kier alpha value is 0.140. The van der Waals surface area contributed by atoms with Crippen LogP contribution >= 0.6 is 15.9 Å². The fourth-order valence-corrected chi connectivity index (χ4v) is 0.626. The summed E-state index contributed by atoms with van der Waals surface area (Å²) >= 11 is 3.23. The molecule has 0 atom stereocenters. The third-order valence-electron chi connectivity index (χ3n) is 0.862. The van der Waals surface area contributed by atoms with Crippen LogP contribution in [0.3, 0.4) is 0 Å². The zero-order chi connectivity index (χ0) is 7.11. The highest BCUT2D eigenvalue weighted by Gasteiger charge is 1.86. The molecule has 0 aliphatic rings. The summed E-state index contributed by atoms with van der Waals surface area (Å²) in [5.41, 5.74) is 0. The predicted octanol–water partition coefficient (Wildman–Crippen LogP) is 0.867. The lowest BCUT2D eigenvalue weighted by Crippen LogP contribution is -2.19. The molecule has 3 heteroatoms. The Morgan fingerprint density at radius 3 is 2.67 bits per heavy atom. The fraction of sp³-hybridized carbons (Fsp3) is 0.667. The summed E-state index contributed by atoms with van der Waals surface area (Å²) in [6, 6.07) is 0. The van der Waals surface area contributed by atoms with Crippen LogP contribution in [0.25, 0.3) is 0 Å². The Morgan fingerprint density at radius 1 is 1.56 bits per heavy atom. The third kappa shape index (κ3) is 8.14. The maximum absolute atomic E-state index is 8.33. The highest BCUT2D eigenvalue weighted by atomic mass is 79.9. The van der Waals surface area contributed by atoms with E-state index in [4.69, 9.17) is 5.11 Å². The number of nitrogens with one attached hydrogen (secondary N) is 1. The predicted molar refractivity (Wildman–Crippen MR) is 42.6 cm³/mol. The highest BCUT2D eigenvalue weighted by molar-refractivity contribution is 9.11. The van der Waals surface area contributed by atoms with Crippen molar-refractivity contribution in [2.24, 2.45) is 0 Å². The first-order chi connectivity index (χ1) is 4.27. The summed E-state index contributed by atoms with van der Waals surface area (Å²) in [5.74, 6) is 0. The molecule has 0 aromatic carbocycles. The molecule has 9 heavy (non-hydrogen) atoms. The van der Waals surface area contributed by atoms with E-state index in [1.165, 1.54) is 0 Å². The third-order valence-corrected chi connectivity index (χ3v) is 1.26. The van der Waals surface area contributed by atoms with E-state index in [0.29, 0.717) is 6.54 Å². The highest BCUT2D eigenvalue weighted by Crippen LogP contribution is 2.03. The van der Waals surface area contributed by atoms with Crippen LogP contribution in [-0.2, 0) is 0 Å². The first-order valence-electron chi connectivity index (χ1n) is 2.92. The zero-order valence-corrected chi connectivity index (χ0v) is 6.95. The quantitative estimate of drug-likeness (QED) is 0.636. The minimum atomic E-state index is 0.203. The van der Waals surface area contributed by atoms with E-state index in [0.717, 1.165) is 17.4 Å². The molecule has 0 bridgehead atoms. The summed E-state index contributed by atoms with van der Waals surface area (Å²) in [4.78, 5) is 0. The van der Waals surface area contributed by atoms with Gasteiger partial charge in [0.1, 0.15) is 0 Å². The van der Waals surface area contributed by atoms with Gasteiger partial charge in [0.05, 0.1) is 6.61 Å². The number of hydrogen-bond acceptors (Lipinski definition) is 2. The maximum Gasteiger partial charge on any atom is 0.0555 e. The molecular formula is C6H12BrNO. The van der Waals surface area contributed by atoms with Gasteiger partial charge in [0.15, 0.2) is 0 Å². The Morgan fingerprint density at radius 2 is 2.22 bits per heavy atom. The van der Waals surface area contributed by atoms with E-state index in [9.17, 15) is 0 Å². The van der Waals surface area contributed by atoms with Crippen molar-refractivity contribution in [2.45, 2.75) is 6.42 Å². The van der Waals surface area contributed by atoms with Gasteiger partial charge in [0, 0.05) is 6.54 Å². The largest absolute Gasteiger partial charge is 0.395 e. The van der Waals surface area contributed by atoms with Gasteiger partial charge in [-0.3, -0.25) is 0 Å². The molecule has 54 valence electrons. The van der Waals surface area contributed by atoms with Crippen LogP contribution in [0.15, 0.2) is 11.1 Å². The molecule has 0 spiro atoms. The lowest BCUT2D eigenvalue weighted by Gasteiger charge is -1.99. The topological polar surface area (TPSA) is 32.3 Å². The molecule has 0 amide bonds. The van der Waals surface area contributed by atoms with Crippen LogP contribution in [-0.4, -0.2) is 24.8 Å². The molecule has 0 saturated carbocycles. The maximum atomic E-state index is 8.33. The minimum Gasteiger partial charge on any atom is -0.395 e. The molecule has 0 fully saturated rings. The lowest BCUT2D eigenvalue weighted by atomic mass is 10.4. The van der Waals surface area contributed by atoms with E-state index < -0.39 is 0 Å². The molecule has 2 N–H and O–H groups in total. The summed E-state index contributed by atoms with van der Waals surface area (Å²) < 4.78 is 0.993. The fourth-order valence-electron chi connectivity index (χ4n) is 0.428. The van der Waals surface area contributed by atoms with Crippen molar-refractivity contribution in [2.75, 3.05) is 19.7 Å². The van der Waals surface area contributed by atoms with E-state index in [2.05, 4.69) is 27.8 Å². The van der Waals surface area contributed by atoms with Crippen LogP contribution in [0.1, 0.15) is 6.42 Å². The Balaban J connectivity index is 2.83. The molecule has 0 heterocycles. The van der Waals surface area contributed by atoms with Crippen molar-refractivity contribution >= 4 is 15.9 Å². The molecule has 0 saturated heterocycles. The normalized spacial score (nSPS) is 9.56. The molecule has 0 unspecified atom stereocenters. The number of aliphatic hydroxyl groups is 1. The van der Waals surface area contributed by atoms with Gasteiger partial charge in [-0.25, -0.2) is 0 Å². The van der Waals surface area contributed by atoms with E-state index >= 15 is 0 Å². The Labute approximate surface area is 64.1 Å². The van der Waals surface area contributed by atoms with Gasteiger partial charge in [-0.1, -0.05) is 22.5 Å². The monoisotopic (exact) mass is 193 g/mol. The number of aliphatic hydroxyl groups excluding tert-OH is 1. The van der Waals surface area contributed by atoms with Crippen molar-refractivity contribution in [3.63, 3.8) is 0 Å². The van der Waals surface area contributed by atoms with Crippen LogP contribution in [0.5, 0.6) is 0 Å². The Kier molecular flexibility index (Phi) is 6.36. The second-order valence-corrected chi connectivity index (χ2v) is 2.86. The molecule has 0 aliphatic carbocycles. The standard InChI is InChI=1S/C6H12BrNO/c1-6(7)2-3-8-4-5-9/h8-9H,1-5H2. The molecule has 0 aromatic rings. The molecule has 0 radical (unpaired) electrons. The summed E-state index contributed by atoms with van der Waals surface area (Å²) in [6.07, 6.45) is 0.917. The van der Waals surface area contributed by atoms with Crippen molar-refractivity contribution < 1.29 is 5.11 Å². The van der Waals surface area contributed by atoms with Gasteiger partial charge in [-0.05, 0) is 17.4 Å². The van der Waals surface area contributed by atoms with Crippen molar-refractivity contribution in [1.29, 1.82) is 0 Å². The number of hydrogen-bond donors (Lipinski definition) is 2. The number of rotatable bonds is 5. The number of halogens is 1. The van der Waals surface area contributed by atoms with Gasteiger partial charge >= 0.3 is 0 Å². The molecule has 0 aromatic heterocycles. The van der Waals surface area contributed by atoms with Gasteiger partial charge < -0.3 is 10.4 Å². The summed E-state index contributed by atoms with van der Waals surface area (Å²) in [7, 11) is 0. The van der Waals surface area contributed by atoms with E-state index in [-0.39, 0.29) is 6.61 Å². The van der Waals surface area contributed by atoms with E-state index in [1.807, 2.05) is 0 Å². The van der Waals surface area contributed by atoms with Crippen molar-refractivity contribution in [3.05, 3.63) is 11.1 Å². The summed E-state index contributed by atoms with van der Waals surface area (Å²) in [6.45, 7) is 5.42. The second kappa shape index (κ2) is 6.26. The van der Waals surface area contributed by atoms with Crippen LogP contribution < -0.4 is 5.32 Å². The molecular weight excluding hydrogens is 182 g/mol. The second-order valence-electron chi connectivity index (χ2n) is 1.74. The van der Waals surface area contributed by atoms with Gasteiger partial charge in [-0.15, -0.1) is 0 Å². The van der Waals surface area contributed by atoms with Gasteiger partial charge in [0.2, 0.25) is 0 Å². The SMILES string of the molecule is C=C(Br)CCNCCO. The molecule has 0 rings (SSSR count). The van der Waals surface area contributed by atoms with Crippen LogP contribution in [0.2, 0.25) is 0 Å². The van der Waals surface area contributed by atoms with Crippen molar-refractivity contribution in [3.8, 4) is 0 Å². The Bertz CT molecular complexity index is 85.1. The van der Waals surface area contributed by atoms with Gasteiger partial charge in [0.25, 0.3) is 0 Å². The molecule has 0 aliphatic heterocycles. The first-order valence-corrected chi connectivity index (χ1v) is 3.71. The van der Waals surface area contributed by atoms with Crippen molar-refractivity contribution in [1.82, 2.24) is 5.32 Å². The van der Waals surface area contributed by atoms with Crippen LogP contribution in [0, 0.1) is 0 Å². The zero-order valence-electron chi connectivity index (χ0n) is 5.36. The average Bonchev–Trinajstić information content (AvgIpc) is 1.80. The van der Waals surface area contributed by atoms with Gasteiger partial charge in [-0.2, -0.15) is 0 Å². The average molecular weight is 194 g/mol. The smallest absolute Gasteiger partial charge is 0.0555 e. The minimum absolute atomic E-state index is 0.203. The summed E-state index contributed by atoms with van der Waals surface area (Å²) in [5, 5.41) is 11.4. The van der Waals surface area contributed by atoms with Crippen LogP contribution in [0.4, 0.5) is 0 Å².